The molecule has 4 rings (SSSR count). The van der Waals surface area contributed by atoms with E-state index in [0.29, 0.717) is 18.1 Å². The lowest BCUT2D eigenvalue weighted by Crippen LogP contribution is -2.35. The van der Waals surface area contributed by atoms with Crippen LogP contribution in [0, 0.1) is 0 Å². The maximum absolute atomic E-state index is 12.2. The number of ether oxygens (including phenoxy) is 1. The summed E-state index contributed by atoms with van der Waals surface area (Å²) in [5.74, 6) is 0.689. The van der Waals surface area contributed by atoms with Gasteiger partial charge < -0.3 is 14.2 Å². The highest BCUT2D eigenvalue weighted by Gasteiger charge is 2.28. The first-order valence-corrected chi connectivity index (χ1v) is 8.38. The molecule has 0 radical (unpaired) electrons. The van der Waals surface area contributed by atoms with Crippen LogP contribution < -0.4 is 9.64 Å². The fourth-order valence-corrected chi connectivity index (χ4v) is 2.52. The first-order valence-electron chi connectivity index (χ1n) is 8.38. The summed E-state index contributed by atoms with van der Waals surface area (Å²) in [6.45, 7) is -1.07. The SMILES string of the molecule is FC(F)(F)COc1ccc(-c2nc(C3=NC=NCN3c3ccccc3)no2)cn1. The summed E-state index contributed by atoms with van der Waals surface area (Å²) in [5, 5.41) is 3.96. The summed E-state index contributed by atoms with van der Waals surface area (Å²) in [5.41, 5.74) is 1.29. The lowest BCUT2D eigenvalue weighted by atomic mass is 10.2. The van der Waals surface area contributed by atoms with Gasteiger partial charge in [-0.05, 0) is 18.2 Å². The molecule has 0 fully saturated rings. The number of hydrogen-bond acceptors (Lipinski definition) is 8. The number of para-hydroxylation sites is 1. The van der Waals surface area contributed by atoms with Crippen molar-refractivity contribution in [2.75, 3.05) is 18.2 Å². The van der Waals surface area contributed by atoms with Crippen molar-refractivity contribution < 1.29 is 22.4 Å². The molecular formula is C18H13F3N6O2. The number of pyridine rings is 1. The van der Waals surface area contributed by atoms with Crippen molar-refractivity contribution in [2.45, 2.75) is 6.18 Å². The second kappa shape index (κ2) is 7.70. The Bertz CT molecular complexity index is 1030. The molecule has 0 saturated carbocycles. The topological polar surface area (TPSA) is 89.0 Å². The van der Waals surface area contributed by atoms with Crippen molar-refractivity contribution >= 4 is 17.9 Å². The van der Waals surface area contributed by atoms with Gasteiger partial charge >= 0.3 is 6.18 Å². The van der Waals surface area contributed by atoms with Crippen molar-refractivity contribution in [3.8, 4) is 17.3 Å². The third-order valence-corrected chi connectivity index (χ3v) is 3.80. The lowest BCUT2D eigenvalue weighted by Gasteiger charge is -2.23. The normalized spacial score (nSPS) is 14.0. The molecule has 0 bridgehead atoms. The molecule has 0 saturated heterocycles. The predicted molar refractivity (Wildman–Crippen MR) is 97.9 cm³/mol. The minimum atomic E-state index is -4.43. The molecule has 148 valence electrons. The van der Waals surface area contributed by atoms with E-state index in [9.17, 15) is 13.2 Å². The number of halogens is 3. The Balaban J connectivity index is 1.53. The Morgan fingerprint density at radius 1 is 1.10 bits per heavy atom. The van der Waals surface area contributed by atoms with Gasteiger partial charge in [0.1, 0.15) is 13.0 Å². The molecule has 0 N–H and O–H groups in total. The minimum Gasteiger partial charge on any atom is -0.468 e. The molecule has 3 heterocycles. The van der Waals surface area contributed by atoms with Crippen molar-refractivity contribution in [1.29, 1.82) is 0 Å². The van der Waals surface area contributed by atoms with E-state index in [1.54, 1.807) is 0 Å². The molecular weight excluding hydrogens is 389 g/mol. The van der Waals surface area contributed by atoms with Crippen LogP contribution in [0.4, 0.5) is 18.9 Å². The van der Waals surface area contributed by atoms with Gasteiger partial charge in [0.15, 0.2) is 12.4 Å². The number of aliphatic imine (C=N–C) groups is 2. The van der Waals surface area contributed by atoms with Crippen LogP contribution in [-0.4, -0.2) is 46.8 Å². The maximum atomic E-state index is 12.2. The smallest absolute Gasteiger partial charge is 0.422 e. The fraction of sp³-hybridized carbons (Fsp3) is 0.167. The number of alkyl halides is 3. The molecule has 0 amide bonds. The quantitative estimate of drug-likeness (QED) is 0.651. The van der Waals surface area contributed by atoms with Crippen molar-refractivity contribution in [2.24, 2.45) is 9.98 Å². The predicted octanol–water partition coefficient (Wildman–Crippen LogP) is 3.33. The van der Waals surface area contributed by atoms with Gasteiger partial charge in [-0.15, -0.1) is 0 Å². The number of aromatic nitrogens is 3. The Hall–Kier alpha value is -3.76. The largest absolute Gasteiger partial charge is 0.468 e. The summed E-state index contributed by atoms with van der Waals surface area (Å²) in [7, 11) is 0. The van der Waals surface area contributed by atoms with Crippen LogP contribution in [-0.2, 0) is 0 Å². The standard InChI is InChI=1S/C18H13F3N6O2/c19-18(20,21)9-28-14-7-6-12(8-23-14)17-25-15(26-29-17)16-24-10-22-11-27(16)13-4-2-1-3-5-13/h1-8,10H,9,11H2. The van der Waals surface area contributed by atoms with Crippen molar-refractivity contribution in [3.05, 3.63) is 54.5 Å². The van der Waals surface area contributed by atoms with Crippen LogP contribution in [0.5, 0.6) is 5.88 Å². The molecule has 11 heteroatoms. The van der Waals surface area contributed by atoms with Crippen LogP contribution >= 0.6 is 0 Å². The van der Waals surface area contributed by atoms with Gasteiger partial charge in [0.2, 0.25) is 11.7 Å². The summed E-state index contributed by atoms with van der Waals surface area (Å²) >= 11 is 0. The van der Waals surface area contributed by atoms with Crippen LogP contribution in [0.2, 0.25) is 0 Å². The van der Waals surface area contributed by atoms with Gasteiger partial charge in [-0.25, -0.2) is 9.98 Å². The second-order valence-electron chi connectivity index (χ2n) is 5.87. The van der Waals surface area contributed by atoms with E-state index in [2.05, 4.69) is 29.8 Å². The monoisotopic (exact) mass is 402 g/mol. The number of hydrogen-bond donors (Lipinski definition) is 0. The third kappa shape index (κ3) is 4.39. The highest BCUT2D eigenvalue weighted by Crippen LogP contribution is 2.23. The number of rotatable bonds is 5. The molecule has 29 heavy (non-hydrogen) atoms. The van der Waals surface area contributed by atoms with E-state index >= 15 is 0 Å². The molecule has 2 aromatic heterocycles. The lowest BCUT2D eigenvalue weighted by molar-refractivity contribution is -0.154. The van der Waals surface area contributed by atoms with Crippen LogP contribution in [0.3, 0.4) is 0 Å². The number of anilines is 1. The summed E-state index contributed by atoms with van der Waals surface area (Å²) < 4.78 is 46.5. The van der Waals surface area contributed by atoms with Gasteiger partial charge in [0.25, 0.3) is 5.89 Å². The Labute approximate surface area is 162 Å². The van der Waals surface area contributed by atoms with E-state index in [1.165, 1.54) is 24.7 Å². The average Bonchev–Trinajstić information content (AvgIpc) is 3.23. The number of amidine groups is 1. The Morgan fingerprint density at radius 2 is 1.93 bits per heavy atom. The minimum absolute atomic E-state index is 0.146. The maximum Gasteiger partial charge on any atom is 0.422 e. The van der Waals surface area contributed by atoms with Crippen LogP contribution in [0.15, 0.2) is 63.2 Å². The molecule has 3 aromatic rings. The highest BCUT2D eigenvalue weighted by atomic mass is 19.4. The molecule has 0 unspecified atom stereocenters. The van der Waals surface area contributed by atoms with E-state index < -0.39 is 12.8 Å². The zero-order valence-electron chi connectivity index (χ0n) is 14.7. The first-order chi connectivity index (χ1) is 14.0. The summed E-state index contributed by atoms with van der Waals surface area (Å²) in [4.78, 5) is 18.4. The molecule has 8 nitrogen and oxygen atoms in total. The van der Waals surface area contributed by atoms with Gasteiger partial charge in [0, 0.05) is 18.0 Å². The van der Waals surface area contributed by atoms with E-state index in [1.807, 2.05) is 35.2 Å². The highest BCUT2D eigenvalue weighted by molar-refractivity contribution is 6.11. The summed E-state index contributed by atoms with van der Waals surface area (Å²) in [6.07, 6.45) is -1.72. The van der Waals surface area contributed by atoms with E-state index in [-0.39, 0.29) is 17.6 Å². The molecule has 0 atom stereocenters. The summed E-state index contributed by atoms with van der Waals surface area (Å²) in [6, 6.07) is 12.3. The van der Waals surface area contributed by atoms with Crippen LogP contribution in [0.1, 0.15) is 5.82 Å². The zero-order chi connectivity index (χ0) is 20.3. The first kappa shape index (κ1) is 18.6. The third-order valence-electron chi connectivity index (χ3n) is 3.80. The van der Waals surface area contributed by atoms with Crippen LogP contribution in [0.25, 0.3) is 11.5 Å². The Morgan fingerprint density at radius 3 is 2.66 bits per heavy atom. The van der Waals surface area contributed by atoms with E-state index in [4.69, 9.17) is 4.52 Å². The van der Waals surface area contributed by atoms with Crippen molar-refractivity contribution in [3.63, 3.8) is 0 Å². The fourth-order valence-electron chi connectivity index (χ4n) is 2.52. The zero-order valence-corrected chi connectivity index (χ0v) is 14.7. The molecule has 1 aromatic carbocycles. The molecule has 0 spiro atoms. The average molecular weight is 402 g/mol. The van der Waals surface area contributed by atoms with Gasteiger partial charge in [-0.1, -0.05) is 23.4 Å². The van der Waals surface area contributed by atoms with Gasteiger partial charge in [0.05, 0.1) is 5.56 Å². The second-order valence-corrected chi connectivity index (χ2v) is 5.87. The number of benzene rings is 1. The number of nitrogens with zero attached hydrogens (tertiary/aromatic N) is 6. The molecule has 1 aliphatic rings. The van der Waals surface area contributed by atoms with Crippen molar-refractivity contribution in [1.82, 2.24) is 15.1 Å². The molecule has 1 aliphatic heterocycles. The molecule has 0 aliphatic carbocycles. The Kier molecular flexibility index (Phi) is 4.94. The van der Waals surface area contributed by atoms with Gasteiger partial charge in [-0.2, -0.15) is 18.2 Å². The van der Waals surface area contributed by atoms with Gasteiger partial charge in [-0.3, -0.25) is 4.99 Å². The van der Waals surface area contributed by atoms with E-state index in [0.717, 1.165) is 5.69 Å².